The third-order valence-electron chi connectivity index (χ3n) is 2.76. The van der Waals surface area contributed by atoms with Crippen molar-refractivity contribution in [3.63, 3.8) is 0 Å². The molecule has 0 aliphatic carbocycles. The minimum atomic E-state index is 0.417. The Hall–Kier alpha value is -1.86. The summed E-state index contributed by atoms with van der Waals surface area (Å²) >= 11 is 1.53. The predicted molar refractivity (Wildman–Crippen MR) is 76.3 cm³/mol. The smallest absolute Gasteiger partial charge is 0.140 e. The largest absolute Gasteiger partial charge is 0.486 e. The highest BCUT2D eigenvalue weighted by atomic mass is 32.1. The molecule has 0 bridgehead atoms. The first kappa shape index (κ1) is 13.6. The number of nitrogens with zero attached hydrogens (tertiary/aromatic N) is 2. The Morgan fingerprint density at radius 1 is 1.32 bits per heavy atom. The third kappa shape index (κ3) is 3.80. The van der Waals surface area contributed by atoms with E-state index in [1.807, 2.05) is 12.1 Å². The topological polar surface area (TPSA) is 45.9 Å². The molecule has 98 valence electrons. The maximum absolute atomic E-state index is 8.61. The predicted octanol–water partition coefficient (Wildman–Crippen LogP) is 3.91. The number of hydrogen-bond acceptors (Lipinski definition) is 4. The quantitative estimate of drug-likeness (QED) is 0.829. The van der Waals surface area contributed by atoms with Crippen molar-refractivity contribution >= 4 is 11.3 Å². The van der Waals surface area contributed by atoms with Crippen LogP contribution in [-0.2, 0) is 13.0 Å². The second kappa shape index (κ2) is 6.35. The normalized spacial score (nSPS) is 10.4. The van der Waals surface area contributed by atoms with Crippen LogP contribution in [0.25, 0.3) is 0 Å². The minimum absolute atomic E-state index is 0.417. The number of ether oxygens (including phenoxy) is 1. The summed E-state index contributed by atoms with van der Waals surface area (Å²) in [5, 5.41) is 9.51. The lowest BCUT2D eigenvalue weighted by Crippen LogP contribution is -1.95. The van der Waals surface area contributed by atoms with E-state index in [9.17, 15) is 0 Å². The van der Waals surface area contributed by atoms with Gasteiger partial charge in [-0.15, -0.1) is 11.3 Å². The van der Waals surface area contributed by atoms with Crippen LogP contribution in [0.5, 0.6) is 5.75 Å². The van der Waals surface area contributed by atoms with Crippen LogP contribution in [0, 0.1) is 11.3 Å². The average molecular weight is 272 g/mol. The highest BCUT2D eigenvalue weighted by Crippen LogP contribution is 2.20. The van der Waals surface area contributed by atoms with Gasteiger partial charge < -0.3 is 4.74 Å². The van der Waals surface area contributed by atoms with Crippen LogP contribution in [0.3, 0.4) is 0 Å². The molecular weight excluding hydrogens is 256 g/mol. The van der Waals surface area contributed by atoms with Gasteiger partial charge in [0.2, 0.25) is 0 Å². The Morgan fingerprint density at radius 2 is 2.05 bits per heavy atom. The van der Waals surface area contributed by atoms with Crippen molar-refractivity contribution in [2.45, 2.75) is 32.8 Å². The molecule has 3 nitrogen and oxygen atoms in total. The summed E-state index contributed by atoms with van der Waals surface area (Å²) in [6.07, 6.45) is 2.16. The van der Waals surface area contributed by atoms with E-state index in [0.717, 1.165) is 15.6 Å². The zero-order chi connectivity index (χ0) is 13.7. The van der Waals surface area contributed by atoms with Crippen molar-refractivity contribution in [3.8, 4) is 11.8 Å². The molecule has 0 saturated heterocycles. The van der Waals surface area contributed by atoms with Gasteiger partial charge in [0.1, 0.15) is 17.4 Å². The molecule has 0 fully saturated rings. The molecule has 1 aromatic carbocycles. The molecule has 0 N–H and O–H groups in total. The molecule has 0 aliphatic rings. The molecule has 1 aromatic heterocycles. The first-order chi connectivity index (χ1) is 9.19. The number of hydrogen-bond donors (Lipinski definition) is 0. The summed E-state index contributed by atoms with van der Waals surface area (Å²) in [6, 6.07) is 10.3. The van der Waals surface area contributed by atoms with Crippen molar-refractivity contribution in [1.29, 1.82) is 5.26 Å². The SMILES string of the molecule is CC(C)c1ccc(OCc2ncc(CC#N)s2)cc1. The average Bonchev–Trinajstić information content (AvgIpc) is 2.85. The minimum Gasteiger partial charge on any atom is -0.486 e. The van der Waals surface area contributed by atoms with Crippen molar-refractivity contribution in [3.05, 3.63) is 45.9 Å². The molecule has 0 amide bonds. The lowest BCUT2D eigenvalue weighted by Gasteiger charge is -2.07. The lowest BCUT2D eigenvalue weighted by molar-refractivity contribution is 0.305. The Labute approximate surface area is 117 Å². The molecule has 19 heavy (non-hydrogen) atoms. The summed E-state index contributed by atoms with van der Waals surface area (Å²) in [5.41, 5.74) is 1.30. The van der Waals surface area contributed by atoms with E-state index in [2.05, 4.69) is 37.0 Å². The van der Waals surface area contributed by atoms with Gasteiger partial charge in [0.25, 0.3) is 0 Å². The van der Waals surface area contributed by atoms with E-state index >= 15 is 0 Å². The van der Waals surface area contributed by atoms with Crippen molar-refractivity contribution in [1.82, 2.24) is 4.98 Å². The monoisotopic (exact) mass is 272 g/mol. The first-order valence-corrected chi connectivity index (χ1v) is 7.04. The Bertz CT molecular complexity index is 567. The number of thiazole rings is 1. The Kier molecular flexibility index (Phi) is 4.53. The van der Waals surface area contributed by atoms with E-state index in [1.165, 1.54) is 16.9 Å². The molecule has 1 heterocycles. The van der Waals surface area contributed by atoms with Crippen LogP contribution in [0.1, 0.15) is 35.2 Å². The van der Waals surface area contributed by atoms with Gasteiger partial charge in [-0.05, 0) is 23.6 Å². The van der Waals surface area contributed by atoms with E-state index in [4.69, 9.17) is 10.00 Å². The highest BCUT2D eigenvalue weighted by Gasteiger charge is 2.03. The van der Waals surface area contributed by atoms with Crippen LogP contribution < -0.4 is 4.74 Å². The zero-order valence-corrected chi connectivity index (χ0v) is 11.9. The number of rotatable bonds is 5. The fourth-order valence-electron chi connectivity index (χ4n) is 1.67. The van der Waals surface area contributed by atoms with Gasteiger partial charge in [-0.2, -0.15) is 5.26 Å². The van der Waals surface area contributed by atoms with Gasteiger partial charge in [-0.25, -0.2) is 4.98 Å². The summed E-state index contributed by atoms with van der Waals surface area (Å²) in [5.74, 6) is 1.38. The maximum Gasteiger partial charge on any atom is 0.140 e. The van der Waals surface area contributed by atoms with Crippen LogP contribution in [0.2, 0.25) is 0 Å². The second-order valence-corrected chi connectivity index (χ2v) is 5.77. The molecule has 0 unspecified atom stereocenters. The van der Waals surface area contributed by atoms with Crippen molar-refractivity contribution < 1.29 is 4.74 Å². The number of benzene rings is 1. The van der Waals surface area contributed by atoms with E-state index in [1.54, 1.807) is 6.20 Å². The fourth-order valence-corrected chi connectivity index (χ4v) is 2.44. The number of aromatic nitrogens is 1. The summed E-state index contributed by atoms with van der Waals surface area (Å²) in [7, 11) is 0. The molecule has 0 radical (unpaired) electrons. The second-order valence-electron chi connectivity index (χ2n) is 4.57. The van der Waals surface area contributed by atoms with Crippen molar-refractivity contribution in [2.75, 3.05) is 0 Å². The lowest BCUT2D eigenvalue weighted by atomic mass is 10.0. The van der Waals surface area contributed by atoms with E-state index in [-0.39, 0.29) is 0 Å². The van der Waals surface area contributed by atoms with Crippen LogP contribution in [0.15, 0.2) is 30.5 Å². The van der Waals surface area contributed by atoms with Crippen molar-refractivity contribution in [2.24, 2.45) is 0 Å². The molecule has 0 saturated carbocycles. The molecule has 2 aromatic rings. The van der Waals surface area contributed by atoms with Crippen LogP contribution >= 0.6 is 11.3 Å². The van der Waals surface area contributed by atoms with Gasteiger partial charge in [0, 0.05) is 11.1 Å². The first-order valence-electron chi connectivity index (χ1n) is 6.22. The van der Waals surface area contributed by atoms with Crippen LogP contribution in [-0.4, -0.2) is 4.98 Å². The molecule has 2 rings (SSSR count). The van der Waals surface area contributed by atoms with E-state index in [0.29, 0.717) is 18.9 Å². The fraction of sp³-hybridized carbons (Fsp3) is 0.333. The Balaban J connectivity index is 1.92. The van der Waals surface area contributed by atoms with Gasteiger partial charge in [-0.1, -0.05) is 26.0 Å². The zero-order valence-electron chi connectivity index (χ0n) is 11.1. The van der Waals surface area contributed by atoms with Gasteiger partial charge >= 0.3 is 0 Å². The summed E-state index contributed by atoms with van der Waals surface area (Å²) in [6.45, 7) is 4.79. The van der Waals surface area contributed by atoms with Crippen LogP contribution in [0.4, 0.5) is 0 Å². The summed E-state index contributed by atoms with van der Waals surface area (Å²) < 4.78 is 5.68. The molecule has 0 spiro atoms. The Morgan fingerprint density at radius 3 is 2.68 bits per heavy atom. The van der Waals surface area contributed by atoms with E-state index < -0.39 is 0 Å². The molecule has 4 heteroatoms. The molecular formula is C15H16N2OS. The highest BCUT2D eigenvalue weighted by molar-refractivity contribution is 7.11. The van der Waals surface area contributed by atoms with Gasteiger partial charge in [0.15, 0.2) is 0 Å². The van der Waals surface area contributed by atoms with Gasteiger partial charge in [0.05, 0.1) is 12.5 Å². The third-order valence-corrected chi connectivity index (χ3v) is 3.73. The summed E-state index contributed by atoms with van der Waals surface area (Å²) in [4.78, 5) is 5.22. The standard InChI is InChI=1S/C15H16N2OS/c1-11(2)12-3-5-13(6-4-12)18-10-15-17-9-14(19-15)7-8-16/h3-6,9,11H,7,10H2,1-2H3. The number of nitriles is 1. The maximum atomic E-state index is 8.61. The molecule has 0 aliphatic heterocycles. The molecule has 0 atom stereocenters. The van der Waals surface area contributed by atoms with Gasteiger partial charge in [-0.3, -0.25) is 0 Å².